The molecule has 0 atom stereocenters. The van der Waals surface area contributed by atoms with Crippen molar-refractivity contribution in [3.8, 4) is 0 Å². The molecule has 0 aliphatic heterocycles. The van der Waals surface area contributed by atoms with Crippen LogP contribution in [0, 0.1) is 0 Å². The number of hydrogen-bond acceptors (Lipinski definition) is 7. The largest absolute Gasteiger partial charge is 0.385 e. The Kier molecular flexibility index (Phi) is 6.48. The van der Waals surface area contributed by atoms with E-state index in [9.17, 15) is 9.59 Å². The normalized spacial score (nSPS) is 12.9. The van der Waals surface area contributed by atoms with E-state index >= 15 is 0 Å². The number of anilines is 4. The van der Waals surface area contributed by atoms with Gasteiger partial charge < -0.3 is 26.6 Å². The lowest BCUT2D eigenvalue weighted by Gasteiger charge is -2.12. The van der Waals surface area contributed by atoms with E-state index in [1.807, 2.05) is 24.3 Å². The Bertz CT molecular complexity index is 864. The van der Waals surface area contributed by atoms with E-state index in [1.165, 1.54) is 6.20 Å². The highest BCUT2D eigenvalue weighted by atomic mass is 16.2. The summed E-state index contributed by atoms with van der Waals surface area (Å²) in [5, 5.41) is 9.65. The molecule has 0 spiro atoms. The summed E-state index contributed by atoms with van der Waals surface area (Å²) in [6, 6.07) is 8.04. The third-order valence-corrected chi connectivity index (χ3v) is 4.51. The standard InChI is InChI=1S/C20H27N7O2/c1-27(2)17(28)4-3-11-22-13-5-7-15(8-6-13)25-20-23-12-16(18(21)29)19(26-20)24-14-9-10-14/h5-8,12,14,22H,3-4,9-11H2,1-2H3,(H2,21,29)(H2,23,24,25,26). The molecule has 154 valence electrons. The maximum atomic E-state index is 11.6. The lowest BCUT2D eigenvalue weighted by Crippen LogP contribution is -2.22. The minimum absolute atomic E-state index is 0.129. The number of amides is 2. The molecule has 2 aromatic rings. The number of nitrogens with one attached hydrogen (secondary N) is 3. The van der Waals surface area contributed by atoms with Gasteiger partial charge in [0.05, 0.1) is 5.56 Å². The number of benzene rings is 1. The Balaban J connectivity index is 1.55. The molecule has 1 aliphatic rings. The van der Waals surface area contributed by atoms with Crippen molar-refractivity contribution in [2.75, 3.05) is 36.6 Å². The van der Waals surface area contributed by atoms with E-state index in [0.29, 0.717) is 24.2 Å². The number of carbonyl (C=O) groups excluding carboxylic acids is 2. The summed E-state index contributed by atoms with van der Waals surface area (Å²) < 4.78 is 0. The third kappa shape index (κ3) is 6.06. The summed E-state index contributed by atoms with van der Waals surface area (Å²) in [5.74, 6) is 0.427. The molecule has 9 nitrogen and oxygen atoms in total. The molecule has 5 N–H and O–H groups in total. The van der Waals surface area contributed by atoms with E-state index < -0.39 is 5.91 Å². The fourth-order valence-corrected chi connectivity index (χ4v) is 2.65. The summed E-state index contributed by atoms with van der Waals surface area (Å²) in [6.45, 7) is 0.722. The van der Waals surface area contributed by atoms with Gasteiger partial charge in [-0.1, -0.05) is 0 Å². The summed E-state index contributed by atoms with van der Waals surface area (Å²) in [4.78, 5) is 33.3. The van der Waals surface area contributed by atoms with Gasteiger partial charge in [0.25, 0.3) is 5.91 Å². The number of aromatic nitrogens is 2. The van der Waals surface area contributed by atoms with Gasteiger partial charge in [-0.2, -0.15) is 4.98 Å². The number of nitrogens with zero attached hydrogens (tertiary/aromatic N) is 3. The number of carbonyl (C=O) groups is 2. The van der Waals surface area contributed by atoms with Crippen LogP contribution in [0.5, 0.6) is 0 Å². The molecule has 2 amide bonds. The molecule has 0 unspecified atom stereocenters. The van der Waals surface area contributed by atoms with Crippen LogP contribution in [-0.4, -0.2) is 53.4 Å². The van der Waals surface area contributed by atoms with E-state index in [4.69, 9.17) is 5.73 Å². The van der Waals surface area contributed by atoms with Gasteiger partial charge in [-0.05, 0) is 43.5 Å². The number of hydrogen-bond donors (Lipinski definition) is 4. The molecular formula is C20H27N7O2. The number of primary amides is 1. The van der Waals surface area contributed by atoms with Crippen LogP contribution in [-0.2, 0) is 4.79 Å². The van der Waals surface area contributed by atoms with Gasteiger partial charge in [-0.3, -0.25) is 9.59 Å². The highest BCUT2D eigenvalue weighted by Gasteiger charge is 2.24. The van der Waals surface area contributed by atoms with E-state index in [2.05, 4.69) is 25.9 Å². The van der Waals surface area contributed by atoms with Crippen LogP contribution in [0.2, 0.25) is 0 Å². The molecule has 1 aromatic heterocycles. The first-order chi connectivity index (χ1) is 13.9. The predicted molar refractivity (Wildman–Crippen MR) is 113 cm³/mol. The van der Waals surface area contributed by atoms with Crippen LogP contribution in [0.1, 0.15) is 36.0 Å². The van der Waals surface area contributed by atoms with E-state index in [1.54, 1.807) is 19.0 Å². The van der Waals surface area contributed by atoms with Gasteiger partial charge in [0.1, 0.15) is 5.82 Å². The molecule has 1 aliphatic carbocycles. The molecule has 29 heavy (non-hydrogen) atoms. The maximum absolute atomic E-state index is 11.6. The summed E-state index contributed by atoms with van der Waals surface area (Å²) in [7, 11) is 3.52. The molecular weight excluding hydrogens is 370 g/mol. The molecule has 1 heterocycles. The van der Waals surface area contributed by atoms with Crippen molar-refractivity contribution in [3.05, 3.63) is 36.0 Å². The van der Waals surface area contributed by atoms with Crippen molar-refractivity contribution >= 4 is 35.0 Å². The zero-order valence-electron chi connectivity index (χ0n) is 16.7. The van der Waals surface area contributed by atoms with Crippen molar-refractivity contribution in [2.24, 2.45) is 5.73 Å². The zero-order chi connectivity index (χ0) is 20.8. The van der Waals surface area contributed by atoms with E-state index in [-0.39, 0.29) is 11.5 Å². The van der Waals surface area contributed by atoms with Crippen molar-refractivity contribution in [1.82, 2.24) is 14.9 Å². The predicted octanol–water partition coefficient (Wildman–Crippen LogP) is 2.17. The van der Waals surface area contributed by atoms with Crippen molar-refractivity contribution in [1.29, 1.82) is 0 Å². The maximum Gasteiger partial charge on any atom is 0.254 e. The second-order valence-electron chi connectivity index (χ2n) is 7.26. The molecule has 0 saturated heterocycles. The molecule has 1 fully saturated rings. The highest BCUT2D eigenvalue weighted by molar-refractivity contribution is 5.97. The van der Waals surface area contributed by atoms with Crippen LogP contribution in [0.25, 0.3) is 0 Å². The lowest BCUT2D eigenvalue weighted by molar-refractivity contribution is -0.128. The van der Waals surface area contributed by atoms with Gasteiger partial charge in [0.15, 0.2) is 0 Å². The number of nitrogens with two attached hydrogens (primary N) is 1. The Morgan fingerprint density at radius 3 is 2.48 bits per heavy atom. The second-order valence-corrected chi connectivity index (χ2v) is 7.26. The summed E-state index contributed by atoms with van der Waals surface area (Å²) >= 11 is 0. The van der Waals surface area contributed by atoms with Crippen molar-refractivity contribution in [2.45, 2.75) is 31.7 Å². The van der Waals surface area contributed by atoms with E-state index in [0.717, 1.165) is 37.2 Å². The van der Waals surface area contributed by atoms with Crippen LogP contribution in [0.15, 0.2) is 30.5 Å². The Morgan fingerprint density at radius 2 is 1.86 bits per heavy atom. The van der Waals surface area contributed by atoms with Crippen LogP contribution < -0.4 is 21.7 Å². The molecule has 3 rings (SSSR count). The smallest absolute Gasteiger partial charge is 0.254 e. The average molecular weight is 397 g/mol. The molecule has 9 heteroatoms. The Labute approximate surface area is 170 Å². The van der Waals surface area contributed by atoms with Crippen LogP contribution in [0.3, 0.4) is 0 Å². The van der Waals surface area contributed by atoms with Gasteiger partial charge >= 0.3 is 0 Å². The highest BCUT2D eigenvalue weighted by Crippen LogP contribution is 2.26. The Morgan fingerprint density at radius 1 is 1.17 bits per heavy atom. The minimum Gasteiger partial charge on any atom is -0.385 e. The lowest BCUT2D eigenvalue weighted by atomic mass is 10.2. The van der Waals surface area contributed by atoms with Crippen molar-refractivity contribution in [3.63, 3.8) is 0 Å². The summed E-state index contributed by atoms with van der Waals surface area (Å²) in [6.07, 6.45) is 4.85. The first-order valence-corrected chi connectivity index (χ1v) is 9.67. The van der Waals surface area contributed by atoms with Crippen LogP contribution in [0.4, 0.5) is 23.1 Å². The fraction of sp³-hybridized carbons (Fsp3) is 0.400. The first-order valence-electron chi connectivity index (χ1n) is 9.67. The van der Waals surface area contributed by atoms with Crippen molar-refractivity contribution < 1.29 is 9.59 Å². The number of rotatable bonds is 10. The zero-order valence-corrected chi connectivity index (χ0v) is 16.7. The fourth-order valence-electron chi connectivity index (χ4n) is 2.65. The third-order valence-electron chi connectivity index (χ3n) is 4.51. The van der Waals surface area contributed by atoms with Gasteiger partial charge in [-0.15, -0.1) is 0 Å². The van der Waals surface area contributed by atoms with Gasteiger partial charge in [0, 0.05) is 50.7 Å². The minimum atomic E-state index is -0.553. The summed E-state index contributed by atoms with van der Waals surface area (Å²) in [5.41, 5.74) is 7.48. The second kappa shape index (κ2) is 9.22. The molecule has 0 radical (unpaired) electrons. The van der Waals surface area contributed by atoms with Gasteiger partial charge in [0.2, 0.25) is 11.9 Å². The van der Waals surface area contributed by atoms with Gasteiger partial charge in [-0.25, -0.2) is 4.98 Å². The topological polar surface area (TPSA) is 125 Å². The molecule has 1 saturated carbocycles. The quantitative estimate of drug-likeness (QED) is 0.453. The monoisotopic (exact) mass is 397 g/mol. The average Bonchev–Trinajstić information content (AvgIpc) is 3.50. The van der Waals surface area contributed by atoms with Crippen LogP contribution >= 0.6 is 0 Å². The molecule has 1 aromatic carbocycles. The first kappa shape index (κ1) is 20.4. The SMILES string of the molecule is CN(C)C(=O)CCCNc1ccc(Nc2ncc(C(N)=O)c(NC3CC3)n2)cc1. The Hall–Kier alpha value is -3.36. The molecule has 0 bridgehead atoms.